The van der Waals surface area contributed by atoms with Crippen molar-refractivity contribution in [3.63, 3.8) is 0 Å². The maximum absolute atomic E-state index is 6.45. The first-order valence-corrected chi connectivity index (χ1v) is 24.4. The molecule has 0 bridgehead atoms. The minimum Gasteiger partial charge on any atom is -0.456 e. The van der Waals surface area contributed by atoms with Crippen LogP contribution in [0.15, 0.2) is 259 Å². The number of benzene rings is 10. The van der Waals surface area contributed by atoms with Crippen LogP contribution in [0.25, 0.3) is 21.9 Å². The highest BCUT2D eigenvalue weighted by molar-refractivity contribution is 7.21. The second kappa shape index (κ2) is 14.7. The summed E-state index contributed by atoms with van der Waals surface area (Å²) in [6, 6.07) is 94.2. The van der Waals surface area contributed by atoms with E-state index < -0.39 is 13.5 Å². The Morgan fingerprint density at radius 3 is 1.35 bits per heavy atom. The highest BCUT2D eigenvalue weighted by Gasteiger charge is 2.50. The number of nitrogens with zero attached hydrogens (tertiary/aromatic N) is 2. The molecule has 2 aliphatic rings. The second-order valence-electron chi connectivity index (χ2n) is 17.2. The molecule has 0 saturated heterocycles. The van der Waals surface area contributed by atoms with E-state index in [4.69, 9.17) is 4.42 Å². The maximum atomic E-state index is 6.45. The molecule has 3 heterocycles. The molecule has 13 rings (SSSR count). The minimum absolute atomic E-state index is 0.691. The van der Waals surface area contributed by atoms with Crippen LogP contribution < -0.4 is 30.5 Å². The molecule has 0 atom stereocenters. The topological polar surface area (TPSA) is 19.6 Å². The van der Waals surface area contributed by atoms with Crippen molar-refractivity contribution >= 4 is 84.9 Å². The summed E-state index contributed by atoms with van der Waals surface area (Å²) in [5.41, 5.74) is 12.9. The van der Waals surface area contributed by atoms with Gasteiger partial charge >= 0.3 is 0 Å². The normalized spacial score (nSPS) is 14.3. The van der Waals surface area contributed by atoms with Crippen molar-refractivity contribution in [2.24, 2.45) is 0 Å². The average Bonchev–Trinajstić information content (AvgIpc) is 3.76. The molecule has 306 valence electrons. The molecule has 4 heteroatoms. The third-order valence-corrected chi connectivity index (χ3v) is 18.9. The lowest BCUT2D eigenvalue weighted by atomic mass is 9.62. The van der Waals surface area contributed by atoms with E-state index in [-0.39, 0.29) is 0 Å². The Kier molecular flexibility index (Phi) is 8.45. The van der Waals surface area contributed by atoms with Crippen molar-refractivity contribution in [1.82, 2.24) is 0 Å². The minimum atomic E-state index is -2.75. The molecule has 11 aromatic rings. The van der Waals surface area contributed by atoms with E-state index in [0.717, 1.165) is 44.7 Å². The summed E-state index contributed by atoms with van der Waals surface area (Å²) in [5.74, 6) is 0. The zero-order valence-corrected chi connectivity index (χ0v) is 36.6. The molecule has 2 aliphatic heterocycles. The summed E-state index contributed by atoms with van der Waals surface area (Å²) in [4.78, 5) is 4.93. The molecular weight excluding hydrogens is 805 g/mol. The molecule has 0 fully saturated rings. The summed E-state index contributed by atoms with van der Waals surface area (Å²) >= 11 is 0. The van der Waals surface area contributed by atoms with Gasteiger partial charge in [0.1, 0.15) is 11.2 Å². The molecule has 0 radical (unpaired) electrons. The summed E-state index contributed by atoms with van der Waals surface area (Å²) < 4.78 is 6.45. The number of rotatable bonds is 6. The lowest BCUT2D eigenvalue weighted by molar-refractivity contribution is 0.667. The van der Waals surface area contributed by atoms with Gasteiger partial charge in [-0.25, -0.2) is 0 Å². The predicted octanol–water partition coefficient (Wildman–Crippen LogP) is 12.9. The third-order valence-electron chi connectivity index (χ3n) is 14.0. The lowest BCUT2D eigenvalue weighted by Gasteiger charge is -2.47. The number of hydrogen-bond donors (Lipinski definition) is 0. The van der Waals surface area contributed by atoms with Crippen LogP contribution in [0, 0.1) is 0 Å². The maximum Gasteiger partial charge on any atom is 0.184 e. The fourth-order valence-corrected chi connectivity index (χ4v) is 16.5. The first-order chi connectivity index (χ1) is 32.3. The molecule has 0 saturated carbocycles. The van der Waals surface area contributed by atoms with Crippen molar-refractivity contribution in [2.75, 3.05) is 9.80 Å². The molecule has 0 unspecified atom stereocenters. The van der Waals surface area contributed by atoms with Gasteiger partial charge in [0.2, 0.25) is 0 Å². The van der Waals surface area contributed by atoms with Gasteiger partial charge in [-0.3, -0.25) is 0 Å². The monoisotopic (exact) mass is 846 g/mol. The first-order valence-electron chi connectivity index (χ1n) is 22.4. The fraction of sp³-hybridized carbons (Fsp3) is 0.0164. The van der Waals surface area contributed by atoms with Gasteiger partial charge in [0.05, 0.1) is 16.8 Å². The van der Waals surface area contributed by atoms with Gasteiger partial charge in [0, 0.05) is 33.5 Å². The van der Waals surface area contributed by atoms with Gasteiger partial charge in [-0.2, -0.15) is 0 Å². The van der Waals surface area contributed by atoms with E-state index in [1.165, 1.54) is 54.4 Å². The van der Waals surface area contributed by atoms with Crippen LogP contribution >= 0.6 is 0 Å². The zero-order chi connectivity index (χ0) is 43.0. The molecule has 3 nitrogen and oxygen atoms in total. The highest BCUT2D eigenvalue weighted by Crippen LogP contribution is 2.58. The lowest BCUT2D eigenvalue weighted by Crippen LogP contribution is -2.77. The Hall–Kier alpha value is -8.18. The van der Waals surface area contributed by atoms with Gasteiger partial charge in [0.15, 0.2) is 8.07 Å². The van der Waals surface area contributed by atoms with Crippen LogP contribution in [0.3, 0.4) is 0 Å². The standard InChI is InChI=1S/C61H42N2OSi/c1-4-20-45(21-5-1)62-53-29-13-11-27-51(53)61(52-28-12-14-30-54(52)62,44-38-41-58-50(42-44)49-26-10-17-33-57(49)64-58)43-36-39-46(40-37-43)63-55-31-15-18-34-59(55)65(47-22-6-2-7-23-47,48-24-8-3-9-25-48)60-35-19-16-32-56(60)63/h1-42H. The Bertz CT molecular complexity index is 3430. The van der Waals surface area contributed by atoms with Crippen LogP contribution in [0.5, 0.6) is 0 Å². The van der Waals surface area contributed by atoms with Gasteiger partial charge in [0.25, 0.3) is 0 Å². The van der Waals surface area contributed by atoms with Crippen LogP contribution in [0.1, 0.15) is 22.3 Å². The summed E-state index contributed by atoms with van der Waals surface area (Å²) in [6.07, 6.45) is 0. The largest absolute Gasteiger partial charge is 0.456 e. The van der Waals surface area contributed by atoms with Crippen molar-refractivity contribution in [3.05, 3.63) is 277 Å². The smallest absolute Gasteiger partial charge is 0.184 e. The average molecular weight is 847 g/mol. The third kappa shape index (κ3) is 5.35. The van der Waals surface area contributed by atoms with Gasteiger partial charge in [-0.05, 0) is 110 Å². The van der Waals surface area contributed by atoms with Crippen molar-refractivity contribution in [3.8, 4) is 0 Å². The molecule has 0 spiro atoms. The van der Waals surface area contributed by atoms with Gasteiger partial charge in [-0.1, -0.05) is 188 Å². The molecule has 1 aromatic heterocycles. The molecule has 10 aromatic carbocycles. The van der Waals surface area contributed by atoms with Crippen molar-refractivity contribution < 1.29 is 4.42 Å². The number of fused-ring (bicyclic) bond motifs is 7. The Morgan fingerprint density at radius 2 is 0.754 bits per heavy atom. The number of hydrogen-bond acceptors (Lipinski definition) is 3. The van der Waals surface area contributed by atoms with E-state index in [9.17, 15) is 0 Å². The Labute approximate surface area is 379 Å². The fourth-order valence-electron chi connectivity index (χ4n) is 11.4. The van der Waals surface area contributed by atoms with Crippen LogP contribution in [-0.2, 0) is 5.41 Å². The highest BCUT2D eigenvalue weighted by atomic mass is 28.3. The Balaban J connectivity index is 1.06. The number of para-hydroxylation sites is 6. The zero-order valence-electron chi connectivity index (χ0n) is 35.6. The number of furan rings is 1. The van der Waals surface area contributed by atoms with Gasteiger partial charge < -0.3 is 14.2 Å². The second-order valence-corrected chi connectivity index (χ2v) is 20.9. The van der Waals surface area contributed by atoms with Crippen LogP contribution in [0.2, 0.25) is 0 Å². The number of anilines is 6. The quantitative estimate of drug-likeness (QED) is 0.155. The summed E-state index contributed by atoms with van der Waals surface area (Å²) in [7, 11) is -2.75. The van der Waals surface area contributed by atoms with Crippen molar-refractivity contribution in [2.45, 2.75) is 5.41 Å². The van der Waals surface area contributed by atoms with Crippen LogP contribution in [-0.4, -0.2) is 8.07 Å². The van der Waals surface area contributed by atoms with Crippen molar-refractivity contribution in [1.29, 1.82) is 0 Å². The molecule has 65 heavy (non-hydrogen) atoms. The van der Waals surface area contributed by atoms with Crippen LogP contribution in [0.4, 0.5) is 34.1 Å². The summed E-state index contributed by atoms with van der Waals surface area (Å²) in [5, 5.41) is 7.75. The van der Waals surface area contributed by atoms with E-state index >= 15 is 0 Å². The van der Waals surface area contributed by atoms with E-state index in [1.807, 2.05) is 6.07 Å². The van der Waals surface area contributed by atoms with E-state index in [0.29, 0.717) is 0 Å². The first kappa shape index (κ1) is 37.4. The van der Waals surface area contributed by atoms with E-state index in [1.54, 1.807) is 0 Å². The molecule has 0 amide bonds. The molecular formula is C61H42N2OSi. The Morgan fingerprint density at radius 1 is 0.323 bits per heavy atom. The predicted molar refractivity (Wildman–Crippen MR) is 272 cm³/mol. The van der Waals surface area contributed by atoms with E-state index in [2.05, 4.69) is 259 Å². The molecule has 0 N–H and O–H groups in total. The molecule has 0 aliphatic carbocycles. The SMILES string of the molecule is c1ccc(N2c3ccccc3C(c3ccc(N4c5ccccc5[Si](c5ccccc5)(c5ccccc5)c5ccccc54)cc3)(c3ccc4oc5ccccc5c4c3)c3ccccc32)cc1. The van der Waals surface area contributed by atoms with Gasteiger partial charge in [-0.15, -0.1) is 0 Å². The summed E-state index contributed by atoms with van der Waals surface area (Å²) in [6.45, 7) is 0.